The summed E-state index contributed by atoms with van der Waals surface area (Å²) in [6, 6.07) is 4.06. The Morgan fingerprint density at radius 1 is 0.857 bits per heavy atom. The minimum atomic E-state index is 0.602. The van der Waals surface area contributed by atoms with Gasteiger partial charge in [0.05, 0.1) is 13.2 Å². The molecule has 21 heavy (non-hydrogen) atoms. The molecule has 0 saturated heterocycles. The van der Waals surface area contributed by atoms with Gasteiger partial charge in [0.1, 0.15) is 11.5 Å². The van der Waals surface area contributed by atoms with Crippen LogP contribution >= 0.6 is 0 Å². The van der Waals surface area contributed by atoms with E-state index in [1.54, 1.807) is 0 Å². The first-order chi connectivity index (χ1) is 9.99. The molecule has 0 aliphatic heterocycles. The van der Waals surface area contributed by atoms with E-state index >= 15 is 0 Å². The molecule has 2 nitrogen and oxygen atoms in total. The van der Waals surface area contributed by atoms with Gasteiger partial charge in [-0.1, -0.05) is 33.6 Å². The van der Waals surface area contributed by atoms with Crippen LogP contribution in [0, 0.1) is 25.7 Å². The van der Waals surface area contributed by atoms with Crippen molar-refractivity contribution in [2.24, 2.45) is 11.8 Å². The molecule has 2 unspecified atom stereocenters. The molecule has 1 aromatic rings. The number of hydrogen-bond donors (Lipinski definition) is 0. The van der Waals surface area contributed by atoms with Crippen molar-refractivity contribution in [2.45, 2.75) is 60.8 Å². The van der Waals surface area contributed by atoms with Crippen LogP contribution in [0.4, 0.5) is 0 Å². The van der Waals surface area contributed by atoms with Crippen molar-refractivity contribution in [1.29, 1.82) is 0 Å². The summed E-state index contributed by atoms with van der Waals surface area (Å²) in [4.78, 5) is 0. The molecule has 2 atom stereocenters. The van der Waals surface area contributed by atoms with Gasteiger partial charge in [-0.15, -0.1) is 0 Å². The van der Waals surface area contributed by atoms with Gasteiger partial charge in [-0.25, -0.2) is 0 Å². The maximum Gasteiger partial charge on any atom is 0.122 e. The van der Waals surface area contributed by atoms with E-state index in [1.807, 2.05) is 19.1 Å². The Morgan fingerprint density at radius 2 is 1.38 bits per heavy atom. The van der Waals surface area contributed by atoms with E-state index < -0.39 is 0 Å². The first-order valence-corrected chi connectivity index (χ1v) is 8.35. The number of hydrogen-bond acceptors (Lipinski definition) is 2. The van der Waals surface area contributed by atoms with E-state index in [4.69, 9.17) is 9.47 Å². The summed E-state index contributed by atoms with van der Waals surface area (Å²) in [6.07, 6.45) is 3.80. The molecule has 0 bridgehead atoms. The minimum absolute atomic E-state index is 0.602. The van der Waals surface area contributed by atoms with Crippen LogP contribution in [0.1, 0.15) is 58.1 Å². The lowest BCUT2D eigenvalue weighted by Crippen LogP contribution is -2.11. The molecule has 0 N–H and O–H groups in total. The van der Waals surface area contributed by atoms with Gasteiger partial charge in [-0.2, -0.15) is 0 Å². The monoisotopic (exact) mass is 292 g/mol. The topological polar surface area (TPSA) is 18.5 Å². The average molecular weight is 292 g/mol. The second-order valence-corrected chi connectivity index (χ2v) is 6.25. The maximum atomic E-state index is 6.02. The molecular formula is C19H32O2. The lowest BCUT2D eigenvalue weighted by molar-refractivity contribution is 0.241. The summed E-state index contributed by atoms with van der Waals surface area (Å²) in [6.45, 7) is 14.6. The molecule has 120 valence electrons. The van der Waals surface area contributed by atoms with Crippen LogP contribution in [0.5, 0.6) is 11.5 Å². The van der Waals surface area contributed by atoms with E-state index in [-0.39, 0.29) is 0 Å². The van der Waals surface area contributed by atoms with E-state index in [1.165, 1.54) is 30.4 Å². The standard InChI is InChI=1S/C19H32O2/c1-7-14(3)9-10-15(4)13-21-19-12-11-18(20-8-2)16(5)17(19)6/h11-12,14-15H,7-10,13H2,1-6H3. The fraction of sp³-hybridized carbons (Fsp3) is 0.684. The fourth-order valence-corrected chi connectivity index (χ4v) is 2.33. The lowest BCUT2D eigenvalue weighted by atomic mass is 9.97. The quantitative estimate of drug-likeness (QED) is 0.594. The highest BCUT2D eigenvalue weighted by Crippen LogP contribution is 2.29. The Balaban J connectivity index is 2.53. The SMILES string of the molecule is CCOc1ccc(OCC(C)CCC(C)CC)c(C)c1C. The Bertz CT molecular complexity index is 426. The molecule has 1 rings (SSSR count). The zero-order valence-corrected chi connectivity index (χ0v) is 14.7. The van der Waals surface area contributed by atoms with E-state index in [9.17, 15) is 0 Å². The zero-order valence-electron chi connectivity index (χ0n) is 14.7. The zero-order chi connectivity index (χ0) is 15.8. The number of ether oxygens (including phenoxy) is 2. The van der Waals surface area contributed by atoms with Gasteiger partial charge in [0.25, 0.3) is 0 Å². The van der Waals surface area contributed by atoms with Crippen molar-refractivity contribution in [3.8, 4) is 11.5 Å². The fourth-order valence-electron chi connectivity index (χ4n) is 2.33. The normalized spacial score (nSPS) is 13.8. The Hall–Kier alpha value is -1.18. The number of rotatable bonds is 9. The summed E-state index contributed by atoms with van der Waals surface area (Å²) in [5, 5.41) is 0. The van der Waals surface area contributed by atoms with Crippen LogP contribution in [0.2, 0.25) is 0 Å². The highest BCUT2D eigenvalue weighted by Gasteiger charge is 2.10. The van der Waals surface area contributed by atoms with Crippen LogP contribution in [0.15, 0.2) is 12.1 Å². The molecule has 0 amide bonds. The van der Waals surface area contributed by atoms with Crippen LogP contribution in [-0.2, 0) is 0 Å². The molecule has 0 aliphatic rings. The highest BCUT2D eigenvalue weighted by molar-refractivity contribution is 5.47. The van der Waals surface area contributed by atoms with Crippen molar-refractivity contribution < 1.29 is 9.47 Å². The molecule has 0 heterocycles. The summed E-state index contributed by atoms with van der Waals surface area (Å²) in [7, 11) is 0. The number of benzene rings is 1. The molecule has 0 spiro atoms. The third-order valence-electron chi connectivity index (χ3n) is 4.36. The predicted molar refractivity (Wildman–Crippen MR) is 90.4 cm³/mol. The predicted octanol–water partition coefficient (Wildman–Crippen LogP) is 5.54. The molecular weight excluding hydrogens is 260 g/mol. The lowest BCUT2D eigenvalue weighted by Gasteiger charge is -2.18. The first-order valence-electron chi connectivity index (χ1n) is 8.35. The third kappa shape index (κ3) is 5.61. The highest BCUT2D eigenvalue weighted by atomic mass is 16.5. The molecule has 2 heteroatoms. The van der Waals surface area contributed by atoms with E-state index in [0.717, 1.165) is 24.0 Å². The largest absolute Gasteiger partial charge is 0.494 e. The van der Waals surface area contributed by atoms with Gasteiger partial charge in [0, 0.05) is 0 Å². The Kier molecular flexibility index (Phi) is 7.63. The van der Waals surface area contributed by atoms with Gasteiger partial charge in [-0.05, 0) is 62.3 Å². The third-order valence-corrected chi connectivity index (χ3v) is 4.36. The van der Waals surface area contributed by atoms with Crippen LogP contribution in [0.25, 0.3) is 0 Å². The van der Waals surface area contributed by atoms with Gasteiger partial charge >= 0.3 is 0 Å². The van der Waals surface area contributed by atoms with Crippen LogP contribution in [0.3, 0.4) is 0 Å². The summed E-state index contributed by atoms with van der Waals surface area (Å²) in [5.41, 5.74) is 2.37. The second-order valence-electron chi connectivity index (χ2n) is 6.25. The van der Waals surface area contributed by atoms with Crippen molar-refractivity contribution in [1.82, 2.24) is 0 Å². The van der Waals surface area contributed by atoms with Crippen molar-refractivity contribution in [3.05, 3.63) is 23.3 Å². The van der Waals surface area contributed by atoms with Crippen LogP contribution in [-0.4, -0.2) is 13.2 Å². The molecule has 0 fully saturated rings. The van der Waals surface area contributed by atoms with Crippen molar-refractivity contribution in [2.75, 3.05) is 13.2 Å². The van der Waals surface area contributed by atoms with Crippen LogP contribution < -0.4 is 9.47 Å². The average Bonchev–Trinajstić information content (AvgIpc) is 2.48. The molecule has 0 saturated carbocycles. The molecule has 1 aromatic carbocycles. The molecule has 0 aromatic heterocycles. The summed E-state index contributed by atoms with van der Waals surface area (Å²) in [5.74, 6) is 3.38. The summed E-state index contributed by atoms with van der Waals surface area (Å²) >= 11 is 0. The Labute approximate surface area is 130 Å². The van der Waals surface area contributed by atoms with E-state index in [0.29, 0.717) is 12.5 Å². The van der Waals surface area contributed by atoms with Crippen molar-refractivity contribution >= 4 is 0 Å². The Morgan fingerprint density at radius 3 is 1.90 bits per heavy atom. The molecule has 0 radical (unpaired) electrons. The van der Waals surface area contributed by atoms with Gasteiger partial charge in [-0.3, -0.25) is 0 Å². The van der Waals surface area contributed by atoms with E-state index in [2.05, 4.69) is 34.6 Å². The first kappa shape index (κ1) is 17.9. The van der Waals surface area contributed by atoms with Gasteiger partial charge < -0.3 is 9.47 Å². The van der Waals surface area contributed by atoms with Gasteiger partial charge in [0.2, 0.25) is 0 Å². The summed E-state index contributed by atoms with van der Waals surface area (Å²) < 4.78 is 11.6. The minimum Gasteiger partial charge on any atom is -0.494 e. The van der Waals surface area contributed by atoms with Gasteiger partial charge in [0.15, 0.2) is 0 Å². The second kappa shape index (κ2) is 8.96. The maximum absolute atomic E-state index is 6.02. The molecule has 0 aliphatic carbocycles. The smallest absolute Gasteiger partial charge is 0.122 e. The van der Waals surface area contributed by atoms with Crippen molar-refractivity contribution in [3.63, 3.8) is 0 Å².